The summed E-state index contributed by atoms with van der Waals surface area (Å²) >= 11 is 11.4. The molecule has 0 aromatic carbocycles. The number of carbonyl (C=O) groups excluding carboxylic acids is 1. The van der Waals surface area contributed by atoms with Crippen molar-refractivity contribution in [1.29, 1.82) is 0 Å². The lowest BCUT2D eigenvalue weighted by molar-refractivity contribution is -0.141. The molecule has 1 fully saturated rings. The highest BCUT2D eigenvalue weighted by Gasteiger charge is 2.34. The van der Waals surface area contributed by atoms with Crippen LogP contribution < -0.4 is 0 Å². The van der Waals surface area contributed by atoms with Crippen LogP contribution in [0.5, 0.6) is 0 Å². The number of rotatable bonds is 2. The van der Waals surface area contributed by atoms with Crippen molar-refractivity contribution < 1.29 is 14.7 Å². The topological polar surface area (TPSA) is 70.5 Å². The zero-order valence-electron chi connectivity index (χ0n) is 9.27. The molecule has 0 spiro atoms. The molecule has 1 amide bonds. The summed E-state index contributed by atoms with van der Waals surface area (Å²) in [5, 5.41) is 9.31. The van der Waals surface area contributed by atoms with Crippen molar-refractivity contribution in [3.8, 4) is 0 Å². The fourth-order valence-electron chi connectivity index (χ4n) is 1.97. The van der Waals surface area contributed by atoms with Gasteiger partial charge in [0.2, 0.25) is 0 Å². The van der Waals surface area contributed by atoms with Crippen molar-refractivity contribution in [2.75, 3.05) is 6.54 Å². The van der Waals surface area contributed by atoms with Crippen molar-refractivity contribution in [2.45, 2.75) is 18.9 Å². The number of aromatic nitrogens is 1. The van der Waals surface area contributed by atoms with E-state index in [9.17, 15) is 9.59 Å². The Labute approximate surface area is 113 Å². The van der Waals surface area contributed by atoms with E-state index in [0.717, 1.165) is 0 Å². The van der Waals surface area contributed by atoms with E-state index in [1.807, 2.05) is 0 Å². The van der Waals surface area contributed by atoms with Gasteiger partial charge in [-0.05, 0) is 18.9 Å². The van der Waals surface area contributed by atoms with Crippen LogP contribution in [0.4, 0.5) is 0 Å². The van der Waals surface area contributed by atoms with Gasteiger partial charge in [-0.2, -0.15) is 0 Å². The Balaban J connectivity index is 2.25. The number of hydrogen-bond acceptors (Lipinski definition) is 3. The maximum atomic E-state index is 12.1. The van der Waals surface area contributed by atoms with E-state index in [2.05, 4.69) is 4.98 Å². The summed E-state index contributed by atoms with van der Waals surface area (Å²) in [6, 6.07) is 0.628. The number of carbonyl (C=O) groups is 2. The van der Waals surface area contributed by atoms with Gasteiger partial charge in [0.15, 0.2) is 0 Å². The Morgan fingerprint density at radius 3 is 2.78 bits per heavy atom. The lowest BCUT2D eigenvalue weighted by atomic mass is 10.2. The van der Waals surface area contributed by atoms with Crippen LogP contribution in [0, 0.1) is 0 Å². The fourth-order valence-corrected chi connectivity index (χ4v) is 2.24. The first-order valence-electron chi connectivity index (χ1n) is 5.35. The van der Waals surface area contributed by atoms with E-state index in [1.54, 1.807) is 0 Å². The van der Waals surface area contributed by atoms with Crippen LogP contribution in [0.2, 0.25) is 10.2 Å². The average Bonchev–Trinajstić information content (AvgIpc) is 2.81. The number of amides is 1. The SMILES string of the molecule is O=C(O)[C@H]1CCCN1C(=O)c1cnc(Cl)c(Cl)c1. The van der Waals surface area contributed by atoms with E-state index in [1.165, 1.54) is 17.2 Å². The quantitative estimate of drug-likeness (QED) is 0.846. The van der Waals surface area contributed by atoms with E-state index in [0.29, 0.717) is 19.4 Å². The van der Waals surface area contributed by atoms with Crippen molar-refractivity contribution >= 4 is 35.1 Å². The Hall–Kier alpha value is -1.33. The molecular weight excluding hydrogens is 279 g/mol. The molecule has 1 aliphatic heterocycles. The first-order chi connectivity index (χ1) is 8.50. The number of halogens is 2. The second-order valence-corrected chi connectivity index (χ2v) is 4.76. The van der Waals surface area contributed by atoms with Crippen LogP contribution in [-0.2, 0) is 4.79 Å². The third-order valence-electron chi connectivity index (χ3n) is 2.84. The minimum Gasteiger partial charge on any atom is -0.480 e. The first kappa shape index (κ1) is 13.1. The van der Waals surface area contributed by atoms with E-state index >= 15 is 0 Å². The number of hydrogen-bond donors (Lipinski definition) is 1. The number of carboxylic acid groups (broad SMARTS) is 1. The Morgan fingerprint density at radius 2 is 2.17 bits per heavy atom. The molecule has 0 bridgehead atoms. The van der Waals surface area contributed by atoms with Crippen LogP contribution >= 0.6 is 23.2 Å². The minimum absolute atomic E-state index is 0.115. The number of aliphatic carboxylic acids is 1. The van der Waals surface area contributed by atoms with Gasteiger partial charge < -0.3 is 10.0 Å². The molecule has 0 radical (unpaired) electrons. The van der Waals surface area contributed by atoms with Gasteiger partial charge in [0.1, 0.15) is 11.2 Å². The lowest BCUT2D eigenvalue weighted by Gasteiger charge is -2.21. The summed E-state index contributed by atoms with van der Waals surface area (Å²) in [4.78, 5) is 28.3. The maximum absolute atomic E-state index is 12.1. The highest BCUT2D eigenvalue weighted by Crippen LogP contribution is 2.24. The molecule has 5 nitrogen and oxygen atoms in total. The van der Waals surface area contributed by atoms with E-state index < -0.39 is 12.0 Å². The van der Waals surface area contributed by atoms with Crippen molar-refractivity contribution in [3.63, 3.8) is 0 Å². The van der Waals surface area contributed by atoms with Crippen LogP contribution in [0.15, 0.2) is 12.3 Å². The van der Waals surface area contributed by atoms with Crippen molar-refractivity contribution in [2.24, 2.45) is 0 Å². The minimum atomic E-state index is -0.992. The second kappa shape index (κ2) is 5.12. The van der Waals surface area contributed by atoms with Crippen molar-refractivity contribution in [1.82, 2.24) is 9.88 Å². The molecule has 0 aliphatic carbocycles. The van der Waals surface area contributed by atoms with Gasteiger partial charge in [-0.25, -0.2) is 9.78 Å². The number of likely N-dealkylation sites (tertiary alicyclic amines) is 1. The van der Waals surface area contributed by atoms with Gasteiger partial charge in [-0.15, -0.1) is 0 Å². The number of carboxylic acids is 1. The molecule has 1 aromatic heterocycles. The van der Waals surface area contributed by atoms with Gasteiger partial charge in [0, 0.05) is 12.7 Å². The summed E-state index contributed by atoms with van der Waals surface area (Å²) in [6.45, 7) is 0.427. The predicted octanol–water partition coefficient (Wildman–Crippen LogP) is 2.08. The van der Waals surface area contributed by atoms with Crippen LogP contribution in [-0.4, -0.2) is 39.5 Å². The molecule has 0 saturated carbocycles. The standard InChI is InChI=1S/C11H10Cl2N2O3/c12-7-4-6(5-14-9(7)13)10(16)15-3-1-2-8(15)11(17)18/h4-5,8H,1-3H2,(H,17,18)/t8-/m1/s1. The highest BCUT2D eigenvalue weighted by molar-refractivity contribution is 6.41. The van der Waals surface area contributed by atoms with Crippen LogP contribution in [0.25, 0.3) is 0 Å². The van der Waals surface area contributed by atoms with Gasteiger partial charge in [0.25, 0.3) is 5.91 Å². The molecule has 1 aliphatic rings. The molecule has 0 unspecified atom stereocenters. The normalized spacial score (nSPS) is 19.0. The summed E-state index contributed by atoms with van der Waals surface area (Å²) in [7, 11) is 0. The molecule has 2 heterocycles. The second-order valence-electron chi connectivity index (χ2n) is 3.99. The summed E-state index contributed by atoms with van der Waals surface area (Å²) in [6.07, 6.45) is 2.45. The maximum Gasteiger partial charge on any atom is 0.326 e. The average molecular weight is 289 g/mol. The third kappa shape index (κ3) is 2.42. The number of nitrogens with zero attached hydrogens (tertiary/aromatic N) is 2. The Bertz CT molecular complexity index is 507. The molecule has 1 N–H and O–H groups in total. The Morgan fingerprint density at radius 1 is 1.44 bits per heavy atom. The zero-order valence-corrected chi connectivity index (χ0v) is 10.8. The fraction of sp³-hybridized carbons (Fsp3) is 0.364. The van der Waals surface area contributed by atoms with Crippen molar-refractivity contribution in [3.05, 3.63) is 28.0 Å². The number of pyridine rings is 1. The van der Waals surface area contributed by atoms with E-state index in [-0.39, 0.29) is 21.6 Å². The van der Waals surface area contributed by atoms with Gasteiger partial charge in [-0.3, -0.25) is 4.79 Å². The zero-order chi connectivity index (χ0) is 13.3. The summed E-state index contributed by atoms with van der Waals surface area (Å²) < 4.78 is 0. The molecule has 2 rings (SSSR count). The molecular formula is C11H10Cl2N2O3. The monoisotopic (exact) mass is 288 g/mol. The molecule has 1 atom stereocenters. The highest BCUT2D eigenvalue weighted by atomic mass is 35.5. The largest absolute Gasteiger partial charge is 0.480 e. The van der Waals surface area contributed by atoms with Gasteiger partial charge in [-0.1, -0.05) is 23.2 Å². The molecule has 7 heteroatoms. The predicted molar refractivity (Wildman–Crippen MR) is 66.0 cm³/mol. The lowest BCUT2D eigenvalue weighted by Crippen LogP contribution is -2.40. The summed E-state index contributed by atoms with van der Waals surface area (Å²) in [5.74, 6) is -1.38. The van der Waals surface area contributed by atoms with Crippen LogP contribution in [0.1, 0.15) is 23.2 Å². The third-order valence-corrected chi connectivity index (χ3v) is 3.53. The molecule has 96 valence electrons. The first-order valence-corrected chi connectivity index (χ1v) is 6.11. The van der Waals surface area contributed by atoms with Gasteiger partial charge >= 0.3 is 5.97 Å². The molecule has 1 aromatic rings. The van der Waals surface area contributed by atoms with Gasteiger partial charge in [0.05, 0.1) is 10.6 Å². The Kier molecular flexibility index (Phi) is 3.73. The molecule has 1 saturated heterocycles. The molecule has 18 heavy (non-hydrogen) atoms. The van der Waals surface area contributed by atoms with Crippen LogP contribution in [0.3, 0.4) is 0 Å². The summed E-state index contributed by atoms with van der Waals surface area (Å²) in [5.41, 5.74) is 0.248. The van der Waals surface area contributed by atoms with E-state index in [4.69, 9.17) is 28.3 Å². The smallest absolute Gasteiger partial charge is 0.326 e.